The zero-order chi connectivity index (χ0) is 23.4. The van der Waals surface area contributed by atoms with E-state index < -0.39 is 17.6 Å². The highest BCUT2D eigenvalue weighted by atomic mass is 79.9. The first kappa shape index (κ1) is 22.9. The topological polar surface area (TPSA) is 51.2 Å². The van der Waals surface area contributed by atoms with E-state index in [9.17, 15) is 13.6 Å². The van der Waals surface area contributed by atoms with Crippen molar-refractivity contribution in [3.8, 4) is 5.75 Å². The van der Waals surface area contributed by atoms with E-state index in [1.165, 1.54) is 12.1 Å². The van der Waals surface area contributed by atoms with Crippen LogP contribution in [0.4, 0.5) is 8.78 Å². The molecule has 168 valence electrons. The number of hydrogen-bond acceptors (Lipinski definition) is 3. The van der Waals surface area contributed by atoms with Crippen LogP contribution in [0.3, 0.4) is 0 Å². The SMILES string of the molecule is COc1ccc2cccc(CC(=O)NCC(c3cc(F)cc(F)c3)c3ncccc3Br)c2c1. The Balaban J connectivity index is 1.58. The zero-order valence-corrected chi connectivity index (χ0v) is 19.4. The van der Waals surface area contributed by atoms with Gasteiger partial charge in [-0.1, -0.05) is 24.3 Å². The molecule has 1 amide bonds. The van der Waals surface area contributed by atoms with Gasteiger partial charge in [-0.3, -0.25) is 9.78 Å². The number of ether oxygens (including phenoxy) is 1. The monoisotopic (exact) mass is 510 g/mol. The molecule has 0 aliphatic carbocycles. The summed E-state index contributed by atoms with van der Waals surface area (Å²) in [6, 6.07) is 18.4. The van der Waals surface area contributed by atoms with Gasteiger partial charge in [0.1, 0.15) is 17.4 Å². The molecular formula is C26H21BrF2N2O2. The van der Waals surface area contributed by atoms with Crippen LogP contribution in [0, 0.1) is 11.6 Å². The summed E-state index contributed by atoms with van der Waals surface area (Å²) in [5, 5.41) is 4.85. The fourth-order valence-corrected chi connectivity index (χ4v) is 4.38. The van der Waals surface area contributed by atoms with Gasteiger partial charge in [-0.05, 0) is 74.2 Å². The smallest absolute Gasteiger partial charge is 0.224 e. The summed E-state index contributed by atoms with van der Waals surface area (Å²) in [6.07, 6.45) is 1.76. The van der Waals surface area contributed by atoms with E-state index in [1.807, 2.05) is 36.4 Å². The van der Waals surface area contributed by atoms with E-state index in [1.54, 1.807) is 25.4 Å². The van der Waals surface area contributed by atoms with Crippen molar-refractivity contribution in [3.05, 3.63) is 106 Å². The molecule has 0 saturated carbocycles. The van der Waals surface area contributed by atoms with Gasteiger partial charge in [0.2, 0.25) is 5.91 Å². The van der Waals surface area contributed by atoms with Crippen molar-refractivity contribution in [2.45, 2.75) is 12.3 Å². The number of rotatable bonds is 7. The van der Waals surface area contributed by atoms with Crippen molar-refractivity contribution in [2.75, 3.05) is 13.7 Å². The molecule has 3 aromatic carbocycles. The number of carbonyl (C=O) groups is 1. The Morgan fingerprint density at radius 2 is 1.85 bits per heavy atom. The lowest BCUT2D eigenvalue weighted by atomic mass is 9.94. The first-order chi connectivity index (χ1) is 15.9. The highest BCUT2D eigenvalue weighted by Crippen LogP contribution is 2.30. The normalized spacial score (nSPS) is 11.9. The van der Waals surface area contributed by atoms with Crippen LogP contribution in [0.25, 0.3) is 10.8 Å². The summed E-state index contributed by atoms with van der Waals surface area (Å²) in [5.41, 5.74) is 1.83. The summed E-state index contributed by atoms with van der Waals surface area (Å²) in [5.74, 6) is -1.40. The number of aromatic nitrogens is 1. The molecule has 4 rings (SSSR count). The second-order valence-electron chi connectivity index (χ2n) is 7.61. The lowest BCUT2D eigenvalue weighted by Gasteiger charge is -2.19. The predicted molar refractivity (Wildman–Crippen MR) is 127 cm³/mol. The Bertz CT molecular complexity index is 1290. The molecule has 1 aromatic heterocycles. The maximum atomic E-state index is 13.9. The maximum Gasteiger partial charge on any atom is 0.224 e. The minimum absolute atomic E-state index is 0.130. The largest absolute Gasteiger partial charge is 0.497 e. The van der Waals surface area contributed by atoms with Crippen molar-refractivity contribution in [3.63, 3.8) is 0 Å². The highest BCUT2D eigenvalue weighted by molar-refractivity contribution is 9.10. The second kappa shape index (κ2) is 10.1. The summed E-state index contributed by atoms with van der Waals surface area (Å²) in [6.45, 7) is 0.130. The Hall–Kier alpha value is -3.32. The van der Waals surface area contributed by atoms with Gasteiger partial charge in [0, 0.05) is 29.2 Å². The zero-order valence-electron chi connectivity index (χ0n) is 17.8. The minimum Gasteiger partial charge on any atom is -0.497 e. The molecule has 0 saturated heterocycles. The molecule has 1 atom stereocenters. The molecule has 1 unspecified atom stereocenters. The lowest BCUT2D eigenvalue weighted by molar-refractivity contribution is -0.120. The second-order valence-corrected chi connectivity index (χ2v) is 8.47. The Morgan fingerprint density at radius 1 is 1.06 bits per heavy atom. The van der Waals surface area contributed by atoms with Gasteiger partial charge >= 0.3 is 0 Å². The van der Waals surface area contributed by atoms with E-state index in [-0.39, 0.29) is 18.9 Å². The summed E-state index contributed by atoms with van der Waals surface area (Å²) < 4.78 is 33.9. The van der Waals surface area contributed by atoms with Crippen LogP contribution in [0.1, 0.15) is 22.7 Å². The van der Waals surface area contributed by atoms with Gasteiger partial charge in [-0.25, -0.2) is 8.78 Å². The third-order valence-electron chi connectivity index (χ3n) is 5.44. The Kier molecular flexibility index (Phi) is 6.99. The molecule has 1 heterocycles. The molecule has 0 aliphatic heterocycles. The van der Waals surface area contributed by atoms with Gasteiger partial charge in [-0.2, -0.15) is 0 Å². The standard InChI is InChI=1S/C26H21BrF2N2O2/c1-33-21-8-7-16-4-2-5-17(22(16)14-21)12-25(32)31-15-23(26-24(27)6-3-9-30-26)18-10-19(28)13-20(29)11-18/h2-11,13-14,23H,12,15H2,1H3,(H,31,32). The quantitative estimate of drug-likeness (QED) is 0.343. The maximum absolute atomic E-state index is 13.9. The molecule has 0 radical (unpaired) electrons. The highest BCUT2D eigenvalue weighted by Gasteiger charge is 2.21. The lowest BCUT2D eigenvalue weighted by Crippen LogP contribution is -2.30. The molecule has 0 spiro atoms. The van der Waals surface area contributed by atoms with Crippen LogP contribution in [0.15, 0.2) is 77.4 Å². The minimum atomic E-state index is -0.682. The molecule has 7 heteroatoms. The van der Waals surface area contributed by atoms with Crippen molar-refractivity contribution < 1.29 is 18.3 Å². The number of carbonyl (C=O) groups excluding carboxylic acids is 1. The average Bonchev–Trinajstić information content (AvgIpc) is 2.79. The number of fused-ring (bicyclic) bond motifs is 1. The average molecular weight is 511 g/mol. The van der Waals surface area contributed by atoms with Crippen molar-refractivity contribution >= 4 is 32.6 Å². The first-order valence-electron chi connectivity index (χ1n) is 10.3. The fraction of sp³-hybridized carbons (Fsp3) is 0.154. The fourth-order valence-electron chi connectivity index (χ4n) is 3.85. The predicted octanol–water partition coefficient (Wildman–Crippen LogP) is 5.77. The summed E-state index contributed by atoms with van der Waals surface area (Å²) in [4.78, 5) is 17.3. The number of halogens is 3. The van der Waals surface area contributed by atoms with Gasteiger partial charge < -0.3 is 10.1 Å². The van der Waals surface area contributed by atoms with Crippen LogP contribution < -0.4 is 10.1 Å². The molecule has 0 aliphatic rings. The summed E-state index contributed by atoms with van der Waals surface area (Å²) in [7, 11) is 1.60. The number of nitrogens with one attached hydrogen (secondary N) is 1. The van der Waals surface area contributed by atoms with Crippen LogP contribution in [0.2, 0.25) is 0 Å². The van der Waals surface area contributed by atoms with E-state index >= 15 is 0 Å². The number of nitrogens with zero attached hydrogens (tertiary/aromatic N) is 1. The van der Waals surface area contributed by atoms with Gasteiger partial charge in [0.15, 0.2) is 0 Å². The number of hydrogen-bond donors (Lipinski definition) is 1. The van der Waals surface area contributed by atoms with Crippen molar-refractivity contribution in [1.29, 1.82) is 0 Å². The van der Waals surface area contributed by atoms with Crippen LogP contribution in [0.5, 0.6) is 5.75 Å². The molecule has 0 fully saturated rings. The van der Waals surface area contributed by atoms with Crippen LogP contribution in [-0.2, 0) is 11.2 Å². The van der Waals surface area contributed by atoms with E-state index in [0.717, 1.165) is 22.4 Å². The molecule has 0 bridgehead atoms. The van der Waals surface area contributed by atoms with E-state index in [2.05, 4.69) is 26.2 Å². The van der Waals surface area contributed by atoms with Crippen molar-refractivity contribution in [1.82, 2.24) is 10.3 Å². The molecule has 4 nitrogen and oxygen atoms in total. The third-order valence-corrected chi connectivity index (χ3v) is 6.11. The number of methoxy groups -OCH3 is 1. The van der Waals surface area contributed by atoms with Gasteiger partial charge in [0.25, 0.3) is 0 Å². The number of pyridine rings is 1. The van der Waals surface area contributed by atoms with Crippen molar-refractivity contribution in [2.24, 2.45) is 0 Å². The van der Waals surface area contributed by atoms with Gasteiger partial charge in [-0.15, -0.1) is 0 Å². The Morgan fingerprint density at radius 3 is 2.58 bits per heavy atom. The summed E-state index contributed by atoms with van der Waals surface area (Å²) >= 11 is 3.46. The molecule has 33 heavy (non-hydrogen) atoms. The first-order valence-corrected chi connectivity index (χ1v) is 11.1. The molecule has 1 N–H and O–H groups in total. The number of amides is 1. The number of benzene rings is 3. The van der Waals surface area contributed by atoms with Crippen LogP contribution >= 0.6 is 15.9 Å². The van der Waals surface area contributed by atoms with Gasteiger partial charge in [0.05, 0.1) is 19.2 Å². The Labute approximate surface area is 198 Å². The van der Waals surface area contributed by atoms with E-state index in [4.69, 9.17) is 4.74 Å². The molecule has 4 aromatic rings. The van der Waals surface area contributed by atoms with E-state index in [0.29, 0.717) is 21.5 Å². The van der Waals surface area contributed by atoms with Crippen LogP contribution in [-0.4, -0.2) is 24.5 Å². The third kappa shape index (κ3) is 5.37. The molecular weight excluding hydrogens is 490 g/mol.